The van der Waals surface area contributed by atoms with Gasteiger partial charge in [0, 0.05) is 38.3 Å². The highest BCUT2D eigenvalue weighted by Gasteiger charge is 2.18. The summed E-state index contributed by atoms with van der Waals surface area (Å²) in [6.07, 6.45) is 0. The maximum atomic E-state index is 2.43. The van der Waals surface area contributed by atoms with Crippen LogP contribution in [-0.2, 0) is 0 Å². The Morgan fingerprint density at radius 3 is 1.50 bits per heavy atom. The molecule has 0 aliphatic heterocycles. The molecule has 0 fully saturated rings. The van der Waals surface area contributed by atoms with Crippen molar-refractivity contribution in [3.05, 3.63) is 170 Å². The molecule has 0 N–H and O–H groups in total. The molecule has 0 aliphatic rings. The fraction of sp³-hybridized carbons (Fsp3) is 0. The standard InChI is InChI=1S/C44H28N2/c1-3-14-34(15-4-1)45-41-23-20-33(27-39(41)40-25-30-12-7-8-13-31(30)28-43(40)45)32-21-24-42-38(26-32)37-22-19-29-11-9-10-18-36(29)44(37)46(42)35-16-5-2-6-17-35/h1-28H. The third-order valence-electron chi connectivity index (χ3n) is 9.65. The monoisotopic (exact) mass is 584 g/mol. The van der Waals surface area contributed by atoms with Crippen LogP contribution >= 0.6 is 0 Å². The topological polar surface area (TPSA) is 9.86 Å². The maximum Gasteiger partial charge on any atom is 0.0619 e. The summed E-state index contributed by atoms with van der Waals surface area (Å²) < 4.78 is 4.83. The highest BCUT2D eigenvalue weighted by Crippen LogP contribution is 2.40. The van der Waals surface area contributed by atoms with Gasteiger partial charge in [-0.3, -0.25) is 0 Å². The van der Waals surface area contributed by atoms with E-state index in [1.807, 2.05) is 0 Å². The van der Waals surface area contributed by atoms with Gasteiger partial charge < -0.3 is 9.13 Å². The van der Waals surface area contributed by atoms with Crippen LogP contribution in [0.15, 0.2) is 170 Å². The largest absolute Gasteiger partial charge is 0.309 e. The van der Waals surface area contributed by atoms with Gasteiger partial charge in [0.2, 0.25) is 0 Å². The van der Waals surface area contributed by atoms with Crippen LogP contribution in [0.3, 0.4) is 0 Å². The molecule has 46 heavy (non-hydrogen) atoms. The lowest BCUT2D eigenvalue weighted by Crippen LogP contribution is -1.94. The summed E-state index contributed by atoms with van der Waals surface area (Å²) in [5, 5.41) is 10.1. The Balaban J connectivity index is 1.25. The van der Waals surface area contributed by atoms with Crippen molar-refractivity contribution < 1.29 is 0 Å². The Morgan fingerprint density at radius 1 is 0.283 bits per heavy atom. The molecule has 0 radical (unpaired) electrons. The van der Waals surface area contributed by atoms with Crippen LogP contribution in [0.25, 0.3) is 87.7 Å². The Hall–Kier alpha value is -6.12. The summed E-state index contributed by atoms with van der Waals surface area (Å²) in [6, 6.07) is 62.0. The number of aromatic nitrogens is 2. The van der Waals surface area contributed by atoms with Crippen molar-refractivity contribution in [3.63, 3.8) is 0 Å². The van der Waals surface area contributed by atoms with E-state index >= 15 is 0 Å². The van der Waals surface area contributed by atoms with Gasteiger partial charge in [0.05, 0.1) is 22.1 Å². The molecular formula is C44H28N2. The van der Waals surface area contributed by atoms with E-state index in [1.165, 1.54) is 87.7 Å². The number of nitrogens with zero attached hydrogens (tertiary/aromatic N) is 2. The van der Waals surface area contributed by atoms with E-state index in [2.05, 4.69) is 179 Å². The smallest absolute Gasteiger partial charge is 0.0619 e. The van der Waals surface area contributed by atoms with E-state index < -0.39 is 0 Å². The molecule has 10 rings (SSSR count). The van der Waals surface area contributed by atoms with Gasteiger partial charge in [0.1, 0.15) is 0 Å². The summed E-state index contributed by atoms with van der Waals surface area (Å²) in [5.41, 5.74) is 9.70. The van der Waals surface area contributed by atoms with Gasteiger partial charge in [-0.25, -0.2) is 0 Å². The molecule has 0 saturated heterocycles. The zero-order chi connectivity index (χ0) is 30.2. The Morgan fingerprint density at radius 2 is 0.804 bits per heavy atom. The molecule has 0 bridgehead atoms. The van der Waals surface area contributed by atoms with Crippen LogP contribution in [0.5, 0.6) is 0 Å². The first-order valence-electron chi connectivity index (χ1n) is 15.9. The molecule has 0 unspecified atom stereocenters. The molecule has 0 atom stereocenters. The number of benzene rings is 8. The Kier molecular flexibility index (Phi) is 5.31. The van der Waals surface area contributed by atoms with Crippen molar-refractivity contribution >= 4 is 65.2 Å². The molecule has 0 aliphatic carbocycles. The molecule has 2 nitrogen and oxygen atoms in total. The predicted molar refractivity (Wildman–Crippen MR) is 196 cm³/mol. The van der Waals surface area contributed by atoms with Gasteiger partial charge in [0.15, 0.2) is 0 Å². The lowest BCUT2D eigenvalue weighted by atomic mass is 9.99. The van der Waals surface area contributed by atoms with Crippen LogP contribution in [0.2, 0.25) is 0 Å². The van der Waals surface area contributed by atoms with E-state index in [0.717, 1.165) is 0 Å². The zero-order valence-corrected chi connectivity index (χ0v) is 25.1. The van der Waals surface area contributed by atoms with Crippen molar-refractivity contribution in [1.29, 1.82) is 0 Å². The van der Waals surface area contributed by atoms with Crippen LogP contribution in [-0.4, -0.2) is 9.13 Å². The average Bonchev–Trinajstić information content (AvgIpc) is 3.63. The van der Waals surface area contributed by atoms with Gasteiger partial charge in [-0.1, -0.05) is 109 Å². The molecule has 2 heteroatoms. The predicted octanol–water partition coefficient (Wildman–Crippen LogP) is 11.9. The SMILES string of the molecule is c1ccc(-n2c3ccc(-c4ccc5c(c4)c4ccc6ccccc6c4n5-c4ccccc4)cc3c3cc4ccccc4cc32)cc1. The van der Waals surface area contributed by atoms with Crippen LogP contribution in [0.1, 0.15) is 0 Å². The van der Waals surface area contributed by atoms with Crippen molar-refractivity contribution in [2.45, 2.75) is 0 Å². The van der Waals surface area contributed by atoms with E-state index in [4.69, 9.17) is 0 Å². The van der Waals surface area contributed by atoms with Crippen LogP contribution in [0.4, 0.5) is 0 Å². The quantitative estimate of drug-likeness (QED) is 0.195. The zero-order valence-electron chi connectivity index (χ0n) is 25.1. The molecule has 8 aromatic carbocycles. The van der Waals surface area contributed by atoms with E-state index in [-0.39, 0.29) is 0 Å². The maximum absolute atomic E-state index is 2.43. The van der Waals surface area contributed by atoms with Gasteiger partial charge in [-0.15, -0.1) is 0 Å². The first-order chi connectivity index (χ1) is 22.8. The molecular weight excluding hydrogens is 556 g/mol. The van der Waals surface area contributed by atoms with E-state index in [0.29, 0.717) is 0 Å². The summed E-state index contributed by atoms with van der Waals surface area (Å²) >= 11 is 0. The normalized spacial score (nSPS) is 11.9. The average molecular weight is 585 g/mol. The minimum atomic E-state index is 1.17. The fourth-order valence-corrected chi connectivity index (χ4v) is 7.55. The first kappa shape index (κ1) is 25.2. The highest BCUT2D eigenvalue weighted by molar-refractivity contribution is 6.19. The lowest BCUT2D eigenvalue weighted by molar-refractivity contribution is 1.18. The molecule has 0 spiro atoms. The molecule has 0 saturated carbocycles. The summed E-state index contributed by atoms with van der Waals surface area (Å²) in [5.74, 6) is 0. The Labute approximate surface area is 266 Å². The summed E-state index contributed by atoms with van der Waals surface area (Å²) in [7, 11) is 0. The molecule has 214 valence electrons. The molecule has 2 aromatic heterocycles. The van der Waals surface area contributed by atoms with Crippen LogP contribution in [0, 0.1) is 0 Å². The molecule has 2 heterocycles. The van der Waals surface area contributed by atoms with E-state index in [1.54, 1.807) is 0 Å². The summed E-state index contributed by atoms with van der Waals surface area (Å²) in [4.78, 5) is 0. The van der Waals surface area contributed by atoms with Crippen molar-refractivity contribution in [2.75, 3.05) is 0 Å². The van der Waals surface area contributed by atoms with Gasteiger partial charge in [-0.2, -0.15) is 0 Å². The second-order valence-corrected chi connectivity index (χ2v) is 12.2. The number of rotatable bonds is 3. The number of para-hydroxylation sites is 2. The minimum Gasteiger partial charge on any atom is -0.309 e. The Bertz CT molecular complexity index is 2760. The third-order valence-corrected chi connectivity index (χ3v) is 9.65. The highest BCUT2D eigenvalue weighted by atomic mass is 15.0. The third kappa shape index (κ3) is 3.65. The van der Waals surface area contributed by atoms with Gasteiger partial charge in [-0.05, 0) is 87.9 Å². The number of hydrogen-bond donors (Lipinski definition) is 0. The van der Waals surface area contributed by atoms with Crippen molar-refractivity contribution in [3.8, 4) is 22.5 Å². The minimum absolute atomic E-state index is 1.17. The van der Waals surface area contributed by atoms with Crippen molar-refractivity contribution in [2.24, 2.45) is 0 Å². The first-order valence-corrected chi connectivity index (χ1v) is 15.9. The molecule has 10 aromatic rings. The van der Waals surface area contributed by atoms with Gasteiger partial charge in [0.25, 0.3) is 0 Å². The van der Waals surface area contributed by atoms with Crippen molar-refractivity contribution in [1.82, 2.24) is 9.13 Å². The van der Waals surface area contributed by atoms with E-state index in [9.17, 15) is 0 Å². The second-order valence-electron chi connectivity index (χ2n) is 12.2. The molecule has 0 amide bonds. The van der Waals surface area contributed by atoms with Crippen LogP contribution < -0.4 is 0 Å². The van der Waals surface area contributed by atoms with Gasteiger partial charge >= 0.3 is 0 Å². The second kappa shape index (κ2) is 9.69. The lowest BCUT2D eigenvalue weighted by Gasteiger charge is -2.10. The summed E-state index contributed by atoms with van der Waals surface area (Å²) in [6.45, 7) is 0. The fourth-order valence-electron chi connectivity index (χ4n) is 7.55. The number of hydrogen-bond acceptors (Lipinski definition) is 0. The number of fused-ring (bicyclic) bond motifs is 9.